The molecule has 0 atom stereocenters. The molecule has 6 heteroatoms. The molecule has 0 aromatic carbocycles. The summed E-state index contributed by atoms with van der Waals surface area (Å²) in [5.41, 5.74) is 5.27. The van der Waals surface area contributed by atoms with E-state index in [1.165, 1.54) is 0 Å². The van der Waals surface area contributed by atoms with Gasteiger partial charge in [-0.25, -0.2) is 0 Å². The lowest BCUT2D eigenvalue weighted by molar-refractivity contribution is 0.161. The van der Waals surface area contributed by atoms with Crippen LogP contribution in [0.5, 0.6) is 0 Å². The highest BCUT2D eigenvalue weighted by atomic mass is 16.5. The van der Waals surface area contributed by atoms with Crippen molar-refractivity contribution in [1.82, 2.24) is 10.2 Å². The van der Waals surface area contributed by atoms with Gasteiger partial charge in [0.2, 0.25) is 0 Å². The Morgan fingerprint density at radius 1 is 1.57 bits per heavy atom. The molecule has 84 valence electrons. The van der Waals surface area contributed by atoms with E-state index in [1.807, 2.05) is 7.05 Å². The molecule has 0 amide bonds. The molecule has 0 bridgehead atoms. The Kier molecular flexibility index (Phi) is 8.20. The number of oxime groups is 1. The fraction of sp³-hybridized carbons (Fsp3) is 0.875. The van der Waals surface area contributed by atoms with E-state index in [4.69, 9.17) is 15.7 Å². The van der Waals surface area contributed by atoms with Gasteiger partial charge in [-0.1, -0.05) is 5.16 Å². The lowest BCUT2D eigenvalue weighted by Crippen LogP contribution is -2.35. The van der Waals surface area contributed by atoms with Gasteiger partial charge in [-0.3, -0.25) is 0 Å². The van der Waals surface area contributed by atoms with Crippen molar-refractivity contribution in [1.29, 1.82) is 0 Å². The maximum atomic E-state index is 8.26. The zero-order valence-corrected chi connectivity index (χ0v) is 8.86. The molecule has 0 aromatic heterocycles. The van der Waals surface area contributed by atoms with Crippen LogP contribution in [-0.4, -0.2) is 62.9 Å². The first-order valence-electron chi connectivity index (χ1n) is 4.55. The van der Waals surface area contributed by atoms with E-state index in [1.54, 1.807) is 7.11 Å². The zero-order chi connectivity index (χ0) is 10.8. The number of rotatable bonds is 8. The van der Waals surface area contributed by atoms with E-state index in [2.05, 4.69) is 15.4 Å². The van der Waals surface area contributed by atoms with E-state index >= 15 is 0 Å². The second kappa shape index (κ2) is 8.74. The highest BCUT2D eigenvalue weighted by Crippen LogP contribution is 1.80. The molecule has 0 saturated heterocycles. The predicted molar refractivity (Wildman–Crippen MR) is 55.7 cm³/mol. The van der Waals surface area contributed by atoms with Gasteiger partial charge in [0.1, 0.15) is 0 Å². The van der Waals surface area contributed by atoms with Gasteiger partial charge in [-0.05, 0) is 7.05 Å². The predicted octanol–water partition coefficient (Wildman–Crippen LogP) is -1.10. The second-order valence-electron chi connectivity index (χ2n) is 3.06. The van der Waals surface area contributed by atoms with Crippen molar-refractivity contribution in [3.63, 3.8) is 0 Å². The number of hydrogen-bond donors (Lipinski definition) is 3. The quantitative estimate of drug-likeness (QED) is 0.154. The molecule has 0 aliphatic rings. The van der Waals surface area contributed by atoms with Crippen LogP contribution in [0.3, 0.4) is 0 Å². The highest BCUT2D eigenvalue weighted by Gasteiger charge is 1.97. The number of hydrogen-bond acceptors (Lipinski definition) is 5. The topological polar surface area (TPSA) is 83.1 Å². The van der Waals surface area contributed by atoms with Gasteiger partial charge in [-0.2, -0.15) is 0 Å². The number of nitrogens with two attached hydrogens (primary N) is 1. The van der Waals surface area contributed by atoms with E-state index in [0.717, 1.165) is 26.2 Å². The summed E-state index contributed by atoms with van der Waals surface area (Å²) in [6.07, 6.45) is 0. The fourth-order valence-electron chi connectivity index (χ4n) is 0.881. The summed E-state index contributed by atoms with van der Waals surface area (Å²) < 4.78 is 4.94. The van der Waals surface area contributed by atoms with Crippen molar-refractivity contribution in [2.45, 2.75) is 0 Å². The Hall–Kier alpha value is -0.850. The smallest absolute Gasteiger partial charge is 0.153 e. The van der Waals surface area contributed by atoms with Crippen LogP contribution >= 0.6 is 0 Å². The molecule has 0 fully saturated rings. The van der Waals surface area contributed by atoms with Crippen LogP contribution < -0.4 is 11.1 Å². The van der Waals surface area contributed by atoms with E-state index < -0.39 is 0 Å². The molecule has 4 N–H and O–H groups in total. The maximum absolute atomic E-state index is 8.26. The molecular formula is C8H20N4O2. The summed E-state index contributed by atoms with van der Waals surface area (Å²) in [7, 11) is 3.70. The summed E-state index contributed by atoms with van der Waals surface area (Å²) in [4.78, 5) is 2.14. The van der Waals surface area contributed by atoms with Crippen molar-refractivity contribution >= 4 is 5.84 Å². The molecule has 0 aromatic rings. The third kappa shape index (κ3) is 7.78. The minimum absolute atomic E-state index is 0.199. The number of methoxy groups -OCH3 is 1. The third-order valence-electron chi connectivity index (χ3n) is 1.78. The largest absolute Gasteiger partial charge is 0.409 e. The summed E-state index contributed by atoms with van der Waals surface area (Å²) in [6, 6.07) is 0. The van der Waals surface area contributed by atoms with Gasteiger partial charge in [-0.15, -0.1) is 0 Å². The molecule has 0 unspecified atom stereocenters. The van der Waals surface area contributed by atoms with E-state index in [9.17, 15) is 0 Å². The van der Waals surface area contributed by atoms with Crippen LogP contribution in [0.15, 0.2) is 5.16 Å². The lowest BCUT2D eigenvalue weighted by Gasteiger charge is -2.15. The molecule has 6 nitrogen and oxygen atoms in total. The summed E-state index contributed by atoms with van der Waals surface area (Å²) in [5.74, 6) is 0.199. The third-order valence-corrected chi connectivity index (χ3v) is 1.78. The number of amidine groups is 1. The minimum Gasteiger partial charge on any atom is -0.409 e. The Morgan fingerprint density at radius 2 is 2.29 bits per heavy atom. The highest BCUT2D eigenvalue weighted by molar-refractivity contribution is 5.81. The van der Waals surface area contributed by atoms with Crippen molar-refractivity contribution in [3.05, 3.63) is 0 Å². The summed E-state index contributed by atoms with van der Waals surface area (Å²) in [5, 5.41) is 14.2. The molecule has 0 aliphatic heterocycles. The van der Waals surface area contributed by atoms with Gasteiger partial charge in [0.05, 0.1) is 13.2 Å². The van der Waals surface area contributed by atoms with Crippen molar-refractivity contribution in [2.75, 3.05) is 46.9 Å². The van der Waals surface area contributed by atoms with Gasteiger partial charge >= 0.3 is 0 Å². The first-order valence-corrected chi connectivity index (χ1v) is 4.55. The molecule has 0 saturated carbocycles. The van der Waals surface area contributed by atoms with Crippen LogP contribution in [-0.2, 0) is 4.74 Å². The maximum Gasteiger partial charge on any atom is 0.153 e. The molecular weight excluding hydrogens is 184 g/mol. The van der Waals surface area contributed by atoms with Crippen molar-refractivity contribution < 1.29 is 9.94 Å². The summed E-state index contributed by atoms with van der Waals surface area (Å²) >= 11 is 0. The van der Waals surface area contributed by atoms with Gasteiger partial charge in [0.25, 0.3) is 0 Å². The molecule has 14 heavy (non-hydrogen) atoms. The molecule has 0 aliphatic carbocycles. The van der Waals surface area contributed by atoms with E-state index in [-0.39, 0.29) is 5.84 Å². The van der Waals surface area contributed by atoms with Gasteiger partial charge in [0.15, 0.2) is 5.84 Å². The number of ether oxygens (including phenoxy) is 1. The molecule has 0 radical (unpaired) electrons. The minimum atomic E-state index is 0.199. The Balaban J connectivity index is 3.27. The van der Waals surface area contributed by atoms with Crippen LogP contribution in [0.1, 0.15) is 0 Å². The van der Waals surface area contributed by atoms with Crippen molar-refractivity contribution in [2.24, 2.45) is 10.9 Å². The van der Waals surface area contributed by atoms with Crippen LogP contribution in [0.2, 0.25) is 0 Å². The number of likely N-dealkylation sites (N-methyl/N-ethyl adjacent to an activating group) is 1. The number of nitrogens with one attached hydrogen (secondary N) is 1. The fourth-order valence-corrected chi connectivity index (χ4v) is 0.881. The monoisotopic (exact) mass is 204 g/mol. The normalized spacial score (nSPS) is 12.4. The van der Waals surface area contributed by atoms with Gasteiger partial charge < -0.3 is 25.9 Å². The average Bonchev–Trinajstić information content (AvgIpc) is 2.21. The zero-order valence-electron chi connectivity index (χ0n) is 8.86. The van der Waals surface area contributed by atoms with Crippen LogP contribution in [0.4, 0.5) is 0 Å². The Bertz CT molecular complexity index is 163. The Labute approximate surface area is 84.7 Å². The first kappa shape index (κ1) is 13.2. The molecule has 0 spiro atoms. The first-order chi connectivity index (χ1) is 6.70. The molecule has 0 heterocycles. The standard InChI is InChI=1S/C8H20N4O2/c1-12(5-6-14-2)4-3-10-7-8(9)11-13/h10,13H,3-7H2,1-2H3,(H2,9,11). The molecule has 0 rings (SSSR count). The van der Waals surface area contributed by atoms with Crippen LogP contribution in [0, 0.1) is 0 Å². The van der Waals surface area contributed by atoms with Gasteiger partial charge in [0, 0.05) is 26.7 Å². The SMILES string of the molecule is COCCN(C)CCNCC(N)=NO. The second-order valence-corrected chi connectivity index (χ2v) is 3.06. The van der Waals surface area contributed by atoms with Crippen LogP contribution in [0.25, 0.3) is 0 Å². The van der Waals surface area contributed by atoms with Crippen molar-refractivity contribution in [3.8, 4) is 0 Å². The average molecular weight is 204 g/mol. The lowest BCUT2D eigenvalue weighted by atomic mass is 10.5. The van der Waals surface area contributed by atoms with E-state index in [0.29, 0.717) is 6.54 Å². The number of nitrogens with zero attached hydrogens (tertiary/aromatic N) is 2. The summed E-state index contributed by atoms with van der Waals surface area (Å²) in [6.45, 7) is 3.76. The Morgan fingerprint density at radius 3 is 2.86 bits per heavy atom.